The maximum absolute atomic E-state index is 12.1. The van der Waals surface area contributed by atoms with Crippen molar-refractivity contribution in [3.63, 3.8) is 0 Å². The Morgan fingerprint density at radius 2 is 2.05 bits per heavy atom. The van der Waals surface area contributed by atoms with Crippen molar-refractivity contribution in [2.24, 2.45) is 7.05 Å². The van der Waals surface area contributed by atoms with Gasteiger partial charge in [0.05, 0.1) is 12.6 Å². The largest absolute Gasteiger partial charge is 0.339 e. The number of hydrogen-bond acceptors (Lipinski definition) is 5. The summed E-state index contributed by atoms with van der Waals surface area (Å²) in [7, 11) is 3.98. The molecule has 1 N–H and O–H groups in total. The molecule has 1 atom stereocenters. The first-order valence-electron chi connectivity index (χ1n) is 6.61. The van der Waals surface area contributed by atoms with E-state index in [1.807, 2.05) is 23.4 Å². The molecule has 2 heterocycles. The van der Waals surface area contributed by atoms with Gasteiger partial charge in [0.15, 0.2) is 0 Å². The number of piperazine rings is 1. The molecule has 7 heteroatoms. The van der Waals surface area contributed by atoms with Crippen LogP contribution in [0.1, 0.15) is 18.8 Å². The molecule has 106 valence electrons. The van der Waals surface area contributed by atoms with Crippen molar-refractivity contribution in [3.05, 3.63) is 12.2 Å². The van der Waals surface area contributed by atoms with E-state index in [-0.39, 0.29) is 11.9 Å². The van der Waals surface area contributed by atoms with E-state index in [0.717, 1.165) is 32.0 Å². The highest BCUT2D eigenvalue weighted by Crippen LogP contribution is 2.07. The van der Waals surface area contributed by atoms with Crippen molar-refractivity contribution < 1.29 is 4.79 Å². The molecule has 1 aliphatic heterocycles. The third kappa shape index (κ3) is 3.51. The zero-order valence-electron chi connectivity index (χ0n) is 11.8. The second-order valence-corrected chi connectivity index (χ2v) is 5.09. The first kappa shape index (κ1) is 14.0. The summed E-state index contributed by atoms with van der Waals surface area (Å²) in [5, 5.41) is 11.1. The number of carbonyl (C=O) groups excluding carboxylic acids is 1. The molecule has 0 aromatic carbocycles. The van der Waals surface area contributed by atoms with Gasteiger partial charge in [-0.1, -0.05) is 0 Å². The van der Waals surface area contributed by atoms with Crippen molar-refractivity contribution >= 4 is 5.91 Å². The first-order chi connectivity index (χ1) is 9.08. The van der Waals surface area contributed by atoms with E-state index >= 15 is 0 Å². The van der Waals surface area contributed by atoms with E-state index in [0.29, 0.717) is 6.54 Å². The number of nitrogens with zero attached hydrogens (tertiary/aromatic N) is 5. The third-order valence-electron chi connectivity index (χ3n) is 3.55. The van der Waals surface area contributed by atoms with Crippen LogP contribution < -0.4 is 5.32 Å². The molecule has 0 radical (unpaired) electrons. The number of nitrogens with one attached hydrogen (secondary N) is 1. The number of aryl methyl sites for hydroxylation is 1. The standard InChI is InChI=1S/C12H22N6O/c1-10(12-15-14-9-17(12)3)13-8-11(19)18-6-4-16(2)5-7-18/h9-10,13H,4-8H2,1-3H3. The lowest BCUT2D eigenvalue weighted by molar-refractivity contribution is -0.131. The second kappa shape index (κ2) is 6.12. The Kier molecular flexibility index (Phi) is 4.49. The summed E-state index contributed by atoms with van der Waals surface area (Å²) in [4.78, 5) is 16.2. The SMILES string of the molecule is CC(NCC(=O)N1CCN(C)CC1)c1nncn1C. The highest BCUT2D eigenvalue weighted by atomic mass is 16.2. The van der Waals surface area contributed by atoms with Crippen LogP contribution >= 0.6 is 0 Å². The van der Waals surface area contributed by atoms with E-state index in [1.54, 1.807) is 6.33 Å². The van der Waals surface area contributed by atoms with E-state index in [4.69, 9.17) is 0 Å². The highest BCUT2D eigenvalue weighted by Gasteiger charge is 2.20. The van der Waals surface area contributed by atoms with Gasteiger partial charge in [-0.15, -0.1) is 10.2 Å². The first-order valence-corrected chi connectivity index (χ1v) is 6.61. The van der Waals surface area contributed by atoms with Crippen molar-refractivity contribution in [1.29, 1.82) is 0 Å². The maximum Gasteiger partial charge on any atom is 0.236 e. The molecule has 1 aliphatic rings. The molecule has 1 aromatic rings. The zero-order chi connectivity index (χ0) is 13.8. The number of hydrogen-bond donors (Lipinski definition) is 1. The minimum absolute atomic E-state index is 0.0175. The Morgan fingerprint density at radius 3 is 2.63 bits per heavy atom. The van der Waals surface area contributed by atoms with E-state index in [9.17, 15) is 4.79 Å². The summed E-state index contributed by atoms with van der Waals surface area (Å²) in [5.74, 6) is 0.994. The van der Waals surface area contributed by atoms with Crippen LogP contribution in [0.4, 0.5) is 0 Å². The van der Waals surface area contributed by atoms with Crippen LogP contribution in [0.2, 0.25) is 0 Å². The molecule has 2 rings (SSSR count). The van der Waals surface area contributed by atoms with Crippen molar-refractivity contribution in [2.75, 3.05) is 39.8 Å². The normalized spacial score (nSPS) is 18.6. The lowest BCUT2D eigenvalue weighted by Gasteiger charge is -2.32. The number of rotatable bonds is 4. The van der Waals surface area contributed by atoms with Gasteiger partial charge in [-0.25, -0.2) is 0 Å². The molecule has 0 saturated carbocycles. The predicted molar refractivity (Wildman–Crippen MR) is 71.5 cm³/mol. The molecule has 1 unspecified atom stereocenters. The Bertz CT molecular complexity index is 424. The monoisotopic (exact) mass is 266 g/mol. The molecule has 0 aliphatic carbocycles. The van der Waals surface area contributed by atoms with Crippen molar-refractivity contribution in [2.45, 2.75) is 13.0 Å². The van der Waals surface area contributed by atoms with Crippen molar-refractivity contribution in [3.8, 4) is 0 Å². The van der Waals surface area contributed by atoms with Crippen LogP contribution in [0.5, 0.6) is 0 Å². The molecule has 0 spiro atoms. The molecular formula is C12H22N6O. The second-order valence-electron chi connectivity index (χ2n) is 5.09. The smallest absolute Gasteiger partial charge is 0.236 e. The fourth-order valence-electron chi connectivity index (χ4n) is 2.18. The quantitative estimate of drug-likeness (QED) is 0.776. The number of likely N-dealkylation sites (N-methyl/N-ethyl adjacent to an activating group) is 1. The summed E-state index contributed by atoms with van der Waals surface area (Å²) in [5.41, 5.74) is 0. The fourth-order valence-corrected chi connectivity index (χ4v) is 2.18. The summed E-state index contributed by atoms with van der Waals surface area (Å²) in [6, 6.07) is 0.0175. The average molecular weight is 266 g/mol. The fraction of sp³-hybridized carbons (Fsp3) is 0.750. The lowest BCUT2D eigenvalue weighted by atomic mass is 10.3. The summed E-state index contributed by atoms with van der Waals surface area (Å²) >= 11 is 0. The van der Waals surface area contributed by atoms with Crippen molar-refractivity contribution in [1.82, 2.24) is 29.9 Å². The highest BCUT2D eigenvalue weighted by molar-refractivity contribution is 5.78. The van der Waals surface area contributed by atoms with Gasteiger partial charge in [0.25, 0.3) is 0 Å². The van der Waals surface area contributed by atoms with E-state index in [1.165, 1.54) is 0 Å². The van der Waals surface area contributed by atoms with Gasteiger partial charge in [0.2, 0.25) is 5.91 Å². The summed E-state index contributed by atoms with van der Waals surface area (Å²) in [6.07, 6.45) is 1.66. The molecule has 1 aromatic heterocycles. The molecule has 0 bridgehead atoms. The van der Waals surface area contributed by atoms with Crippen LogP contribution in [0.3, 0.4) is 0 Å². The number of aromatic nitrogens is 3. The van der Waals surface area contributed by atoms with Crippen LogP contribution in [-0.2, 0) is 11.8 Å². The maximum atomic E-state index is 12.1. The van der Waals surface area contributed by atoms with Crippen LogP contribution in [-0.4, -0.2) is 70.2 Å². The van der Waals surface area contributed by atoms with Gasteiger partial charge < -0.3 is 14.4 Å². The summed E-state index contributed by atoms with van der Waals surface area (Å²) in [6.45, 7) is 5.86. The number of carbonyl (C=O) groups is 1. The van der Waals surface area contributed by atoms with Gasteiger partial charge in [-0.2, -0.15) is 0 Å². The third-order valence-corrected chi connectivity index (χ3v) is 3.55. The zero-order valence-corrected chi connectivity index (χ0v) is 11.8. The Morgan fingerprint density at radius 1 is 1.37 bits per heavy atom. The predicted octanol–water partition coefficient (Wildman–Crippen LogP) is -0.760. The van der Waals surface area contributed by atoms with Gasteiger partial charge in [-0.05, 0) is 14.0 Å². The molecule has 1 saturated heterocycles. The molecule has 1 fully saturated rings. The molecule has 7 nitrogen and oxygen atoms in total. The van der Waals surface area contributed by atoms with Gasteiger partial charge >= 0.3 is 0 Å². The van der Waals surface area contributed by atoms with Crippen LogP contribution in [0.15, 0.2) is 6.33 Å². The van der Waals surface area contributed by atoms with E-state index < -0.39 is 0 Å². The Hall–Kier alpha value is -1.47. The average Bonchev–Trinajstić information content (AvgIpc) is 2.83. The molecule has 1 amide bonds. The van der Waals surface area contributed by atoms with Crippen LogP contribution in [0.25, 0.3) is 0 Å². The molecule has 19 heavy (non-hydrogen) atoms. The van der Waals surface area contributed by atoms with Gasteiger partial charge in [-0.3, -0.25) is 10.1 Å². The lowest BCUT2D eigenvalue weighted by Crippen LogP contribution is -2.49. The summed E-state index contributed by atoms with van der Waals surface area (Å²) < 4.78 is 1.86. The topological polar surface area (TPSA) is 66.3 Å². The van der Waals surface area contributed by atoms with Gasteiger partial charge in [0.1, 0.15) is 12.2 Å². The number of amides is 1. The minimum Gasteiger partial charge on any atom is -0.339 e. The minimum atomic E-state index is 0.0175. The van der Waals surface area contributed by atoms with Crippen LogP contribution in [0, 0.1) is 0 Å². The Balaban J connectivity index is 1.79. The van der Waals surface area contributed by atoms with E-state index in [2.05, 4.69) is 27.5 Å². The van der Waals surface area contributed by atoms with Gasteiger partial charge in [0, 0.05) is 33.2 Å². The Labute approximate surface area is 113 Å². The molecular weight excluding hydrogens is 244 g/mol.